The lowest BCUT2D eigenvalue weighted by molar-refractivity contribution is 0.0772. The first-order valence-electron chi connectivity index (χ1n) is 13.4. The Kier molecular flexibility index (Phi) is 7.54. The summed E-state index contributed by atoms with van der Waals surface area (Å²) in [5.74, 6) is 1.42. The molecule has 1 saturated heterocycles. The molecular formula is C31H33ClN4OS. The molecule has 0 spiro atoms. The number of hydrogen-bond donors (Lipinski definition) is 0. The van der Waals surface area contributed by atoms with Crippen molar-refractivity contribution in [2.75, 3.05) is 43.6 Å². The number of piperazine rings is 1. The molecule has 0 saturated carbocycles. The molecule has 0 aliphatic carbocycles. The third-order valence-electron chi connectivity index (χ3n) is 7.53. The van der Waals surface area contributed by atoms with Crippen molar-refractivity contribution in [1.82, 2.24) is 14.7 Å². The van der Waals surface area contributed by atoms with Gasteiger partial charge in [-0.15, -0.1) is 0 Å². The quantitative estimate of drug-likeness (QED) is 0.253. The molecule has 3 heterocycles. The molecule has 0 radical (unpaired) electrons. The van der Waals surface area contributed by atoms with Gasteiger partial charge in [-0.25, -0.2) is 0 Å². The van der Waals surface area contributed by atoms with Crippen LogP contribution in [0.1, 0.15) is 28.8 Å². The van der Waals surface area contributed by atoms with Crippen LogP contribution in [0, 0.1) is 0 Å². The highest BCUT2D eigenvalue weighted by molar-refractivity contribution is 8.16. The number of unbranched alkanes of at least 4 members (excludes halogenated alkanes) is 1. The SMILES string of the molecule is O=C1c2cc(Cl)ccc2CN1CCCCN1CCN(C2=CC=S(c3ccccc3)N2c2ccccc2)CC1. The monoisotopic (exact) mass is 544 g/mol. The van der Waals surface area contributed by atoms with Crippen molar-refractivity contribution in [3.8, 4) is 0 Å². The maximum Gasteiger partial charge on any atom is 0.254 e. The second kappa shape index (κ2) is 11.4. The third-order valence-corrected chi connectivity index (χ3v) is 9.70. The fourth-order valence-electron chi connectivity index (χ4n) is 5.49. The van der Waals surface area contributed by atoms with E-state index in [2.05, 4.69) is 86.2 Å². The second-order valence-electron chi connectivity index (χ2n) is 9.98. The molecule has 0 aromatic heterocycles. The molecule has 7 heteroatoms. The number of hydrogen-bond acceptors (Lipinski definition) is 4. The summed E-state index contributed by atoms with van der Waals surface area (Å²) in [6.07, 6.45) is 4.44. The highest BCUT2D eigenvalue weighted by Gasteiger charge is 2.29. The highest BCUT2D eigenvalue weighted by atomic mass is 35.5. The van der Waals surface area contributed by atoms with Crippen LogP contribution in [0.15, 0.2) is 95.7 Å². The molecule has 3 aliphatic rings. The third kappa shape index (κ3) is 5.26. The van der Waals surface area contributed by atoms with Gasteiger partial charge in [-0.3, -0.25) is 14.0 Å². The fourth-order valence-corrected chi connectivity index (χ4v) is 7.57. The molecule has 5 nitrogen and oxygen atoms in total. The first-order valence-corrected chi connectivity index (χ1v) is 15.0. The number of anilines is 1. The van der Waals surface area contributed by atoms with Crippen molar-refractivity contribution >= 4 is 39.2 Å². The molecule has 3 aromatic rings. The number of fused-ring (bicyclic) bond motifs is 1. The van der Waals surface area contributed by atoms with E-state index in [9.17, 15) is 4.79 Å². The van der Waals surface area contributed by atoms with E-state index in [4.69, 9.17) is 11.6 Å². The first-order chi connectivity index (χ1) is 18.7. The molecule has 196 valence electrons. The topological polar surface area (TPSA) is 30.0 Å². The average molecular weight is 545 g/mol. The predicted molar refractivity (Wildman–Crippen MR) is 159 cm³/mol. The lowest BCUT2D eigenvalue weighted by Crippen LogP contribution is -2.48. The predicted octanol–water partition coefficient (Wildman–Crippen LogP) is 6.10. The van der Waals surface area contributed by atoms with E-state index in [1.54, 1.807) is 6.07 Å². The number of para-hydroxylation sites is 1. The van der Waals surface area contributed by atoms with Crippen molar-refractivity contribution < 1.29 is 4.79 Å². The molecule has 1 amide bonds. The van der Waals surface area contributed by atoms with E-state index in [1.807, 2.05) is 17.0 Å². The minimum Gasteiger partial charge on any atom is -0.355 e. The number of allylic oxidation sites excluding steroid dienone is 1. The maximum absolute atomic E-state index is 12.7. The van der Waals surface area contributed by atoms with E-state index in [0.29, 0.717) is 11.6 Å². The zero-order valence-corrected chi connectivity index (χ0v) is 23.1. The van der Waals surface area contributed by atoms with E-state index >= 15 is 0 Å². The molecular weight excluding hydrogens is 512 g/mol. The van der Waals surface area contributed by atoms with Gasteiger partial charge in [0.1, 0.15) is 5.82 Å². The number of halogens is 1. The summed E-state index contributed by atoms with van der Waals surface area (Å²) in [6, 6.07) is 27.2. The zero-order chi connectivity index (χ0) is 25.9. The number of benzene rings is 3. The second-order valence-corrected chi connectivity index (χ2v) is 12.2. The Balaban J connectivity index is 1.01. The number of nitrogens with zero attached hydrogens (tertiary/aromatic N) is 4. The molecule has 3 aromatic carbocycles. The molecule has 6 rings (SSSR count). The van der Waals surface area contributed by atoms with Gasteiger partial charge in [-0.1, -0.05) is 64.7 Å². The minimum atomic E-state index is -0.126. The Hall–Kier alpha value is -3.06. The largest absolute Gasteiger partial charge is 0.355 e. The smallest absolute Gasteiger partial charge is 0.254 e. The Bertz CT molecular complexity index is 1350. The number of carbonyl (C=O) groups is 1. The summed E-state index contributed by atoms with van der Waals surface area (Å²) in [5, 5.41) is 2.99. The van der Waals surface area contributed by atoms with Crippen LogP contribution in [0.2, 0.25) is 5.02 Å². The summed E-state index contributed by atoms with van der Waals surface area (Å²) < 4.78 is 2.50. The lowest BCUT2D eigenvalue weighted by Gasteiger charge is -2.40. The van der Waals surface area contributed by atoms with Gasteiger partial charge in [0.25, 0.3) is 5.91 Å². The van der Waals surface area contributed by atoms with Crippen LogP contribution in [0.25, 0.3) is 0 Å². The Morgan fingerprint density at radius 1 is 0.816 bits per heavy atom. The van der Waals surface area contributed by atoms with Crippen molar-refractivity contribution in [3.63, 3.8) is 0 Å². The molecule has 0 N–H and O–H groups in total. The molecule has 3 aliphatic heterocycles. The van der Waals surface area contributed by atoms with Gasteiger partial charge in [-0.05, 0) is 72.8 Å². The normalized spacial score (nSPS) is 19.5. The summed E-state index contributed by atoms with van der Waals surface area (Å²) >= 11 is 6.09. The van der Waals surface area contributed by atoms with Gasteiger partial charge in [0.15, 0.2) is 0 Å². The van der Waals surface area contributed by atoms with Crippen molar-refractivity contribution in [1.29, 1.82) is 0 Å². The summed E-state index contributed by atoms with van der Waals surface area (Å²) in [4.78, 5) is 21.1. The van der Waals surface area contributed by atoms with Crippen LogP contribution in [0.4, 0.5) is 5.69 Å². The molecule has 1 unspecified atom stereocenters. The van der Waals surface area contributed by atoms with Crippen LogP contribution < -0.4 is 4.31 Å². The standard InChI is InChI=1S/C31H33ClN4OS/c32-26-14-13-25-24-35(31(37)29(25)23-26)17-8-7-16-33-18-20-34(21-19-33)30-15-22-38(28-11-5-2-6-12-28)36(30)27-9-3-1-4-10-27/h1-6,9-15,22-23H,7-8,16-21,24H2. The first kappa shape index (κ1) is 25.2. The lowest BCUT2D eigenvalue weighted by atomic mass is 10.1. The van der Waals surface area contributed by atoms with Crippen molar-refractivity contribution in [3.05, 3.63) is 107 Å². The summed E-state index contributed by atoms with van der Waals surface area (Å²) in [6.45, 7) is 6.76. The number of amides is 1. The maximum atomic E-state index is 12.7. The zero-order valence-electron chi connectivity index (χ0n) is 21.5. The number of carbonyl (C=O) groups excluding carboxylic acids is 1. The number of rotatable bonds is 8. The van der Waals surface area contributed by atoms with Gasteiger partial charge in [0, 0.05) is 54.8 Å². The molecule has 1 atom stereocenters. The highest BCUT2D eigenvalue weighted by Crippen LogP contribution is 2.42. The van der Waals surface area contributed by atoms with Gasteiger partial charge in [-0.2, -0.15) is 0 Å². The Morgan fingerprint density at radius 2 is 1.53 bits per heavy atom. The average Bonchev–Trinajstić information content (AvgIpc) is 3.54. The van der Waals surface area contributed by atoms with E-state index in [0.717, 1.165) is 63.2 Å². The van der Waals surface area contributed by atoms with Gasteiger partial charge in [0.05, 0.1) is 5.69 Å². The van der Waals surface area contributed by atoms with Crippen molar-refractivity contribution in [2.24, 2.45) is 0 Å². The van der Waals surface area contributed by atoms with Crippen LogP contribution in [0.3, 0.4) is 0 Å². The van der Waals surface area contributed by atoms with E-state index in [1.165, 1.54) is 16.4 Å². The van der Waals surface area contributed by atoms with E-state index < -0.39 is 0 Å². The van der Waals surface area contributed by atoms with Crippen LogP contribution in [-0.4, -0.2) is 65.2 Å². The van der Waals surface area contributed by atoms with Crippen LogP contribution in [-0.2, 0) is 6.54 Å². The van der Waals surface area contributed by atoms with E-state index in [-0.39, 0.29) is 16.6 Å². The Morgan fingerprint density at radius 3 is 2.29 bits per heavy atom. The van der Waals surface area contributed by atoms with Gasteiger partial charge >= 0.3 is 0 Å². The van der Waals surface area contributed by atoms with Gasteiger partial charge < -0.3 is 9.80 Å². The van der Waals surface area contributed by atoms with Crippen molar-refractivity contribution in [2.45, 2.75) is 24.3 Å². The Labute approximate surface area is 233 Å². The van der Waals surface area contributed by atoms with Crippen LogP contribution in [0.5, 0.6) is 0 Å². The summed E-state index contributed by atoms with van der Waals surface area (Å²) in [5.41, 5.74) is 3.10. The van der Waals surface area contributed by atoms with Gasteiger partial charge in [0.2, 0.25) is 0 Å². The fraction of sp³-hybridized carbons (Fsp3) is 0.290. The molecule has 1 fully saturated rings. The van der Waals surface area contributed by atoms with Crippen LogP contribution >= 0.6 is 22.3 Å². The minimum absolute atomic E-state index is 0.121. The summed E-state index contributed by atoms with van der Waals surface area (Å²) in [7, 11) is -0.126. The molecule has 0 bridgehead atoms. The molecule has 38 heavy (non-hydrogen) atoms.